The number of carbonyl (C=O) groups is 3. The maximum atomic E-state index is 13.0. The Bertz CT molecular complexity index is 1180. The molecule has 0 aliphatic carbocycles. The number of rotatable bonds is 7. The minimum absolute atomic E-state index is 0.0635. The van der Waals surface area contributed by atoms with Gasteiger partial charge in [-0.1, -0.05) is 35.3 Å². The molecule has 3 rings (SSSR count). The van der Waals surface area contributed by atoms with Gasteiger partial charge < -0.3 is 20.1 Å². The van der Waals surface area contributed by atoms with Gasteiger partial charge in [-0.05, 0) is 30.3 Å². The number of aromatic nitrogens is 1. The maximum absolute atomic E-state index is 13.0. The third-order valence-corrected chi connectivity index (χ3v) is 5.17. The van der Waals surface area contributed by atoms with E-state index in [2.05, 4.69) is 16.1 Å². The lowest BCUT2D eigenvalue weighted by Crippen LogP contribution is -2.40. The number of methoxy groups -OCH3 is 2. The van der Waals surface area contributed by atoms with Crippen molar-refractivity contribution in [2.75, 3.05) is 38.1 Å². The highest BCUT2D eigenvalue weighted by Crippen LogP contribution is 2.29. The lowest BCUT2D eigenvalue weighted by Gasteiger charge is -2.14. The molecule has 0 saturated carbocycles. The summed E-state index contributed by atoms with van der Waals surface area (Å²) in [5.74, 6) is -2.00. The van der Waals surface area contributed by atoms with E-state index in [0.29, 0.717) is 27.4 Å². The van der Waals surface area contributed by atoms with Crippen molar-refractivity contribution in [1.82, 2.24) is 9.99 Å². The van der Waals surface area contributed by atoms with Crippen LogP contribution in [0.25, 0.3) is 10.9 Å². The van der Waals surface area contributed by atoms with Gasteiger partial charge >= 0.3 is 11.8 Å². The van der Waals surface area contributed by atoms with Crippen LogP contribution in [-0.4, -0.2) is 49.8 Å². The molecule has 3 N–H and O–H groups in total. The Morgan fingerprint density at radius 2 is 1.78 bits per heavy atom. The first-order chi connectivity index (χ1) is 15.3. The zero-order valence-corrected chi connectivity index (χ0v) is 18.7. The molecule has 11 heteroatoms. The number of hydrogen-bond acceptors (Lipinski definition) is 5. The number of para-hydroxylation sites is 1. The average molecular weight is 479 g/mol. The van der Waals surface area contributed by atoms with Crippen molar-refractivity contribution in [2.24, 2.45) is 0 Å². The second kappa shape index (κ2) is 10.4. The highest BCUT2D eigenvalue weighted by molar-refractivity contribution is 6.42. The van der Waals surface area contributed by atoms with E-state index in [1.807, 2.05) is 0 Å². The normalized spacial score (nSPS) is 10.6. The molecule has 2 aromatic carbocycles. The van der Waals surface area contributed by atoms with Crippen molar-refractivity contribution < 1.29 is 23.9 Å². The van der Waals surface area contributed by atoms with Gasteiger partial charge in [-0.15, -0.1) is 0 Å². The molecule has 0 bridgehead atoms. The summed E-state index contributed by atoms with van der Waals surface area (Å²) in [4.78, 5) is 37.6. The van der Waals surface area contributed by atoms with Crippen LogP contribution in [0.1, 0.15) is 10.5 Å². The van der Waals surface area contributed by atoms with E-state index in [9.17, 15) is 14.4 Å². The molecule has 0 spiro atoms. The molecule has 0 atom stereocenters. The lowest BCUT2D eigenvalue weighted by molar-refractivity contribution is -0.136. The largest absolute Gasteiger partial charge is 0.494 e. The average Bonchev–Trinajstić information content (AvgIpc) is 3.15. The monoisotopic (exact) mass is 478 g/mol. The predicted molar refractivity (Wildman–Crippen MR) is 122 cm³/mol. The smallest absolute Gasteiger partial charge is 0.328 e. The van der Waals surface area contributed by atoms with E-state index in [0.717, 1.165) is 0 Å². The van der Waals surface area contributed by atoms with Crippen molar-refractivity contribution in [2.45, 2.75) is 0 Å². The third kappa shape index (κ3) is 5.13. The Balaban J connectivity index is 1.96. The van der Waals surface area contributed by atoms with Crippen molar-refractivity contribution in [1.29, 1.82) is 0 Å². The Labute approximate surface area is 193 Å². The minimum atomic E-state index is -0.965. The topological polar surface area (TPSA) is 111 Å². The fourth-order valence-corrected chi connectivity index (χ4v) is 3.24. The molecular formula is C21H20Cl2N4O5. The molecule has 9 nitrogen and oxygen atoms in total. The highest BCUT2D eigenvalue weighted by atomic mass is 35.5. The molecular weight excluding hydrogens is 459 g/mol. The van der Waals surface area contributed by atoms with Gasteiger partial charge in [0.25, 0.3) is 5.91 Å². The molecule has 1 heterocycles. The Morgan fingerprint density at radius 3 is 2.47 bits per heavy atom. The van der Waals surface area contributed by atoms with E-state index >= 15 is 0 Å². The third-order valence-electron chi connectivity index (χ3n) is 4.43. The lowest BCUT2D eigenvalue weighted by atomic mass is 10.2. The van der Waals surface area contributed by atoms with Gasteiger partial charge in [0.1, 0.15) is 17.0 Å². The number of nitrogens with zero attached hydrogens (tertiary/aromatic N) is 1. The summed E-state index contributed by atoms with van der Waals surface area (Å²) in [6.45, 7) is 0.403. The molecule has 3 aromatic rings. The first-order valence-electron chi connectivity index (χ1n) is 9.38. The standard InChI is InChI=1S/C21H20Cl2N4O5/c1-31-9-8-24-20(29)21(30)26-27-16(10-12-4-3-5-17(32-2)18(12)27)19(28)25-13-6-7-14(22)15(23)11-13/h3-7,10-11H,8-9H2,1-2H3,(H,24,29)(H,25,28)(H,26,30). The van der Waals surface area contributed by atoms with Crippen LogP contribution in [0.4, 0.5) is 5.69 Å². The molecule has 32 heavy (non-hydrogen) atoms. The summed E-state index contributed by atoms with van der Waals surface area (Å²) in [5.41, 5.74) is 3.33. The second-order valence-corrected chi connectivity index (χ2v) is 7.35. The molecule has 0 radical (unpaired) electrons. The summed E-state index contributed by atoms with van der Waals surface area (Å²) in [5, 5.41) is 6.35. The van der Waals surface area contributed by atoms with E-state index in [1.165, 1.54) is 25.0 Å². The van der Waals surface area contributed by atoms with Crippen LogP contribution in [0.15, 0.2) is 42.5 Å². The summed E-state index contributed by atoms with van der Waals surface area (Å²) in [6.07, 6.45) is 0. The van der Waals surface area contributed by atoms with E-state index in [1.54, 1.807) is 36.4 Å². The Kier molecular flexibility index (Phi) is 7.57. The van der Waals surface area contributed by atoms with Crippen molar-refractivity contribution >= 4 is 57.5 Å². The summed E-state index contributed by atoms with van der Waals surface area (Å²) in [6, 6.07) is 11.3. The van der Waals surface area contributed by atoms with Gasteiger partial charge in [0, 0.05) is 24.7 Å². The number of ether oxygens (including phenoxy) is 2. The number of fused-ring (bicyclic) bond motifs is 1. The highest BCUT2D eigenvalue weighted by Gasteiger charge is 2.22. The minimum Gasteiger partial charge on any atom is -0.494 e. The van der Waals surface area contributed by atoms with Crippen LogP contribution in [0.3, 0.4) is 0 Å². The Hall–Kier alpha value is -3.27. The van der Waals surface area contributed by atoms with Gasteiger partial charge in [-0.2, -0.15) is 0 Å². The zero-order valence-electron chi connectivity index (χ0n) is 17.2. The van der Waals surface area contributed by atoms with Gasteiger partial charge in [0.05, 0.1) is 23.8 Å². The number of hydrogen-bond donors (Lipinski definition) is 3. The number of nitrogens with one attached hydrogen (secondary N) is 3. The van der Waals surface area contributed by atoms with Crippen LogP contribution in [0.5, 0.6) is 5.75 Å². The van der Waals surface area contributed by atoms with Crippen molar-refractivity contribution in [3.05, 3.63) is 58.2 Å². The molecule has 0 unspecified atom stereocenters. The van der Waals surface area contributed by atoms with Crippen LogP contribution in [0.2, 0.25) is 10.0 Å². The maximum Gasteiger partial charge on any atom is 0.328 e. The fourth-order valence-electron chi connectivity index (χ4n) is 2.94. The summed E-state index contributed by atoms with van der Waals surface area (Å²) in [7, 11) is 2.93. The number of amides is 3. The van der Waals surface area contributed by atoms with Crippen molar-refractivity contribution in [3.8, 4) is 5.75 Å². The van der Waals surface area contributed by atoms with Crippen molar-refractivity contribution in [3.63, 3.8) is 0 Å². The van der Waals surface area contributed by atoms with E-state index in [-0.39, 0.29) is 23.9 Å². The zero-order chi connectivity index (χ0) is 23.3. The number of anilines is 1. The molecule has 168 valence electrons. The second-order valence-electron chi connectivity index (χ2n) is 6.54. The molecule has 0 saturated heterocycles. The van der Waals surface area contributed by atoms with Crippen LogP contribution in [-0.2, 0) is 14.3 Å². The molecule has 0 fully saturated rings. The number of halogens is 2. The van der Waals surface area contributed by atoms with Crippen LogP contribution < -0.4 is 20.8 Å². The van der Waals surface area contributed by atoms with E-state index < -0.39 is 17.7 Å². The van der Waals surface area contributed by atoms with Gasteiger partial charge in [0.2, 0.25) is 0 Å². The fraction of sp³-hybridized carbons (Fsp3) is 0.190. The Morgan fingerprint density at radius 1 is 1.00 bits per heavy atom. The quantitative estimate of drug-likeness (QED) is 0.357. The van der Waals surface area contributed by atoms with Crippen LogP contribution >= 0.6 is 23.2 Å². The summed E-state index contributed by atoms with van der Waals surface area (Å²) >= 11 is 11.9. The number of carbonyl (C=O) groups excluding carboxylic acids is 3. The predicted octanol–water partition coefficient (Wildman–Crippen LogP) is 3.04. The van der Waals surface area contributed by atoms with Gasteiger partial charge in [0.15, 0.2) is 0 Å². The van der Waals surface area contributed by atoms with Gasteiger partial charge in [-0.25, -0.2) is 4.68 Å². The molecule has 0 aliphatic heterocycles. The SMILES string of the molecule is COCCNC(=O)C(=O)Nn1c(C(=O)Nc2ccc(Cl)c(Cl)c2)cc2cccc(OC)c21. The molecule has 3 amide bonds. The number of benzene rings is 2. The van der Waals surface area contributed by atoms with Crippen LogP contribution in [0, 0.1) is 0 Å². The first-order valence-corrected chi connectivity index (χ1v) is 10.1. The van der Waals surface area contributed by atoms with Gasteiger partial charge in [-0.3, -0.25) is 19.8 Å². The molecule has 0 aliphatic rings. The summed E-state index contributed by atoms with van der Waals surface area (Å²) < 4.78 is 11.4. The van der Waals surface area contributed by atoms with E-state index in [4.69, 9.17) is 32.7 Å². The molecule has 1 aromatic heterocycles. The first kappa shape index (κ1) is 23.4.